The Hall–Kier alpha value is -4.38. The summed E-state index contributed by atoms with van der Waals surface area (Å²) in [5.74, 6) is 0.849. The highest BCUT2D eigenvalue weighted by molar-refractivity contribution is 5.93. The van der Waals surface area contributed by atoms with E-state index in [-0.39, 0.29) is 29.7 Å². The van der Waals surface area contributed by atoms with Gasteiger partial charge in [0.25, 0.3) is 5.91 Å². The van der Waals surface area contributed by atoms with Crippen LogP contribution in [0.3, 0.4) is 0 Å². The number of halogens is 1. The van der Waals surface area contributed by atoms with E-state index in [0.29, 0.717) is 68.7 Å². The van der Waals surface area contributed by atoms with Gasteiger partial charge >= 0.3 is 0 Å². The maximum atomic E-state index is 13.2. The fourth-order valence-electron chi connectivity index (χ4n) is 4.40. The van der Waals surface area contributed by atoms with Gasteiger partial charge in [0, 0.05) is 64.2 Å². The van der Waals surface area contributed by atoms with Crippen molar-refractivity contribution >= 4 is 11.8 Å². The van der Waals surface area contributed by atoms with Gasteiger partial charge in [0.05, 0.1) is 6.54 Å². The van der Waals surface area contributed by atoms with Gasteiger partial charge in [0.2, 0.25) is 11.8 Å². The molecule has 4 aromatic rings. The minimum absolute atomic E-state index is 0.0105. The van der Waals surface area contributed by atoms with Crippen LogP contribution in [0.1, 0.15) is 34.2 Å². The van der Waals surface area contributed by atoms with Gasteiger partial charge in [-0.3, -0.25) is 14.5 Å². The maximum absolute atomic E-state index is 13.2. The predicted octanol–water partition coefficient (Wildman–Crippen LogP) is 3.41. The lowest BCUT2D eigenvalue weighted by Gasteiger charge is -2.33. The summed E-state index contributed by atoms with van der Waals surface area (Å²) in [6.45, 7) is 3.36. The van der Waals surface area contributed by atoms with Crippen LogP contribution in [0.2, 0.25) is 0 Å². The minimum atomic E-state index is -0.345. The normalized spacial score (nSPS) is 13.9. The summed E-state index contributed by atoms with van der Waals surface area (Å²) in [6.07, 6.45) is 0.668. The van der Waals surface area contributed by atoms with Crippen LogP contribution in [-0.2, 0) is 24.3 Å². The zero-order valence-electron chi connectivity index (χ0n) is 21.6. The first kappa shape index (κ1) is 26.2. The molecule has 0 bridgehead atoms. The third kappa shape index (κ3) is 6.74. The molecule has 5 rings (SSSR count). The van der Waals surface area contributed by atoms with E-state index >= 15 is 0 Å². The summed E-state index contributed by atoms with van der Waals surface area (Å²) in [7, 11) is 1.78. The summed E-state index contributed by atoms with van der Waals surface area (Å²) in [6, 6.07) is 17.2. The van der Waals surface area contributed by atoms with Crippen molar-refractivity contribution in [3.63, 3.8) is 0 Å². The fourth-order valence-corrected chi connectivity index (χ4v) is 4.40. The summed E-state index contributed by atoms with van der Waals surface area (Å²) < 4.78 is 23.8. The van der Waals surface area contributed by atoms with Gasteiger partial charge < -0.3 is 18.8 Å². The number of carbonyl (C=O) groups excluding carboxylic acids is 2. The second-order valence-corrected chi connectivity index (χ2v) is 9.49. The van der Waals surface area contributed by atoms with Gasteiger partial charge in [-0.1, -0.05) is 40.6 Å². The lowest BCUT2D eigenvalue weighted by atomic mass is 10.1. The second-order valence-electron chi connectivity index (χ2n) is 9.49. The molecule has 1 saturated heterocycles. The van der Waals surface area contributed by atoms with Crippen LogP contribution in [-0.4, -0.2) is 75.0 Å². The number of aryl methyl sites for hydroxylation is 1. The molecular formula is C28H29FN6O4. The molecule has 202 valence electrons. The standard InChI is InChI=1S/C28H29FN6O4/c1-33(18-20-5-3-2-4-6-20)27(36)12-11-26-30-25(32-39-26)19-34-13-15-35(16-14-34)28(37)23-17-24(38-31-23)21-7-9-22(29)10-8-21/h2-10,17H,11-16,18-19H2,1H3. The Morgan fingerprint density at radius 2 is 1.72 bits per heavy atom. The van der Waals surface area contributed by atoms with Gasteiger partial charge in [-0.05, 0) is 29.8 Å². The number of amides is 2. The fraction of sp³-hybridized carbons (Fsp3) is 0.321. The molecule has 0 saturated carbocycles. The second kappa shape index (κ2) is 12.0. The van der Waals surface area contributed by atoms with E-state index in [1.165, 1.54) is 12.1 Å². The molecule has 11 heteroatoms. The number of carbonyl (C=O) groups is 2. The van der Waals surface area contributed by atoms with Crippen molar-refractivity contribution in [3.05, 3.63) is 89.5 Å². The van der Waals surface area contributed by atoms with E-state index in [0.717, 1.165) is 5.56 Å². The number of benzene rings is 2. The Balaban J connectivity index is 1.06. The molecule has 1 aliphatic heterocycles. The van der Waals surface area contributed by atoms with Crippen molar-refractivity contribution in [1.29, 1.82) is 0 Å². The van der Waals surface area contributed by atoms with Crippen LogP contribution in [0.15, 0.2) is 69.7 Å². The molecule has 0 spiro atoms. The number of piperazine rings is 1. The van der Waals surface area contributed by atoms with E-state index in [2.05, 4.69) is 20.2 Å². The van der Waals surface area contributed by atoms with Crippen LogP contribution in [0, 0.1) is 5.82 Å². The van der Waals surface area contributed by atoms with Crippen LogP contribution in [0.5, 0.6) is 0 Å². The van der Waals surface area contributed by atoms with Crippen molar-refractivity contribution in [2.24, 2.45) is 0 Å². The molecule has 3 heterocycles. The van der Waals surface area contributed by atoms with Gasteiger partial charge in [-0.15, -0.1) is 0 Å². The zero-order valence-corrected chi connectivity index (χ0v) is 21.6. The Bertz CT molecular complexity index is 1400. The van der Waals surface area contributed by atoms with Crippen molar-refractivity contribution in [1.82, 2.24) is 30.0 Å². The van der Waals surface area contributed by atoms with Crippen LogP contribution >= 0.6 is 0 Å². The molecule has 2 aromatic heterocycles. The van der Waals surface area contributed by atoms with Gasteiger partial charge in [0.1, 0.15) is 5.82 Å². The molecule has 39 heavy (non-hydrogen) atoms. The number of rotatable bonds is 9. The number of hydrogen-bond donors (Lipinski definition) is 0. The van der Waals surface area contributed by atoms with Gasteiger partial charge in [-0.2, -0.15) is 4.98 Å². The summed E-state index contributed by atoms with van der Waals surface area (Å²) >= 11 is 0. The van der Waals surface area contributed by atoms with Crippen molar-refractivity contribution in [2.75, 3.05) is 33.2 Å². The molecule has 1 fully saturated rings. The quantitative estimate of drug-likeness (QED) is 0.323. The predicted molar refractivity (Wildman–Crippen MR) is 139 cm³/mol. The van der Waals surface area contributed by atoms with Crippen molar-refractivity contribution < 1.29 is 23.0 Å². The molecule has 2 amide bonds. The number of aromatic nitrogens is 3. The highest BCUT2D eigenvalue weighted by atomic mass is 19.1. The third-order valence-electron chi connectivity index (χ3n) is 6.63. The average molecular weight is 533 g/mol. The molecule has 0 unspecified atom stereocenters. The Kier molecular flexibility index (Phi) is 8.07. The average Bonchev–Trinajstić information content (AvgIpc) is 3.63. The van der Waals surface area contributed by atoms with E-state index in [9.17, 15) is 14.0 Å². The lowest BCUT2D eigenvalue weighted by Crippen LogP contribution is -2.48. The van der Waals surface area contributed by atoms with Crippen molar-refractivity contribution in [2.45, 2.75) is 25.9 Å². The van der Waals surface area contributed by atoms with Crippen LogP contribution < -0.4 is 0 Å². The smallest absolute Gasteiger partial charge is 0.276 e. The summed E-state index contributed by atoms with van der Waals surface area (Å²) in [4.78, 5) is 35.4. The summed E-state index contributed by atoms with van der Waals surface area (Å²) in [5.41, 5.74) is 1.94. The largest absolute Gasteiger partial charge is 0.355 e. The highest BCUT2D eigenvalue weighted by Gasteiger charge is 2.26. The first-order valence-corrected chi connectivity index (χ1v) is 12.8. The van der Waals surface area contributed by atoms with Crippen molar-refractivity contribution in [3.8, 4) is 11.3 Å². The molecule has 0 N–H and O–H groups in total. The molecule has 0 aliphatic carbocycles. The number of nitrogens with zero attached hydrogens (tertiary/aromatic N) is 6. The SMILES string of the molecule is CN(Cc1ccccc1)C(=O)CCc1nc(CN2CCN(C(=O)c3cc(-c4ccc(F)cc4)on3)CC2)no1. The van der Waals surface area contributed by atoms with E-state index in [1.54, 1.807) is 35.0 Å². The van der Waals surface area contributed by atoms with E-state index in [1.807, 2.05) is 30.3 Å². The van der Waals surface area contributed by atoms with E-state index in [4.69, 9.17) is 9.05 Å². The number of hydrogen-bond acceptors (Lipinski definition) is 8. The van der Waals surface area contributed by atoms with Gasteiger partial charge in [0.15, 0.2) is 17.3 Å². The Morgan fingerprint density at radius 1 is 0.974 bits per heavy atom. The highest BCUT2D eigenvalue weighted by Crippen LogP contribution is 2.21. The van der Waals surface area contributed by atoms with Gasteiger partial charge in [-0.25, -0.2) is 4.39 Å². The monoisotopic (exact) mass is 532 g/mol. The molecule has 2 aromatic carbocycles. The lowest BCUT2D eigenvalue weighted by molar-refractivity contribution is -0.130. The Labute approximate surface area is 225 Å². The topological polar surface area (TPSA) is 109 Å². The molecular weight excluding hydrogens is 503 g/mol. The summed E-state index contributed by atoms with van der Waals surface area (Å²) in [5, 5.41) is 7.97. The molecule has 10 nitrogen and oxygen atoms in total. The third-order valence-corrected chi connectivity index (χ3v) is 6.63. The van der Waals surface area contributed by atoms with Crippen LogP contribution in [0.4, 0.5) is 4.39 Å². The van der Waals surface area contributed by atoms with E-state index < -0.39 is 0 Å². The minimum Gasteiger partial charge on any atom is -0.355 e. The van der Waals surface area contributed by atoms with Crippen LogP contribution in [0.25, 0.3) is 11.3 Å². The molecule has 0 radical (unpaired) electrons. The molecule has 1 aliphatic rings. The first-order chi connectivity index (χ1) is 18.9. The zero-order chi connectivity index (χ0) is 27.2. The molecule has 0 atom stereocenters. The maximum Gasteiger partial charge on any atom is 0.276 e. The Morgan fingerprint density at radius 3 is 2.46 bits per heavy atom. The first-order valence-electron chi connectivity index (χ1n) is 12.8.